The fraction of sp³-hybridized carbons (Fsp3) is 1.00. The zero-order chi connectivity index (χ0) is 11.6. The van der Waals surface area contributed by atoms with Crippen LogP contribution in [-0.4, -0.2) is 38.5 Å². The van der Waals surface area contributed by atoms with Crippen molar-refractivity contribution in [3.8, 4) is 0 Å². The summed E-state index contributed by atoms with van der Waals surface area (Å²) in [6.07, 6.45) is 6.65. The average molecular weight is 229 g/mol. The zero-order valence-electron chi connectivity index (χ0n) is 10.8. The maximum atomic E-state index is 5.74. The van der Waals surface area contributed by atoms with Gasteiger partial charge in [0.2, 0.25) is 0 Å². The Kier molecular flexibility index (Phi) is 7.81. The number of hydrogen-bond donors (Lipinski definition) is 1. The lowest BCUT2D eigenvalue weighted by molar-refractivity contribution is 0.00630. The maximum Gasteiger partial charge on any atom is 0.0619 e. The molecule has 1 aliphatic rings. The predicted molar refractivity (Wildman–Crippen MR) is 66.8 cm³/mol. The van der Waals surface area contributed by atoms with Crippen molar-refractivity contribution in [2.45, 2.75) is 58.1 Å². The first-order valence-electron chi connectivity index (χ1n) is 6.79. The Morgan fingerprint density at radius 2 is 2.25 bits per heavy atom. The van der Waals surface area contributed by atoms with E-state index >= 15 is 0 Å². The summed E-state index contributed by atoms with van der Waals surface area (Å²) in [6, 6.07) is 0.496. The lowest BCUT2D eigenvalue weighted by Gasteiger charge is -2.25. The van der Waals surface area contributed by atoms with Crippen LogP contribution in [0.5, 0.6) is 0 Å². The van der Waals surface area contributed by atoms with Crippen LogP contribution in [0.25, 0.3) is 0 Å². The molecule has 96 valence electrons. The van der Waals surface area contributed by atoms with Crippen molar-refractivity contribution in [2.24, 2.45) is 0 Å². The van der Waals surface area contributed by atoms with Crippen LogP contribution in [0.15, 0.2) is 0 Å². The minimum Gasteiger partial charge on any atom is -0.380 e. The molecule has 2 unspecified atom stereocenters. The second kappa shape index (κ2) is 8.97. The van der Waals surface area contributed by atoms with Gasteiger partial charge in [-0.2, -0.15) is 0 Å². The van der Waals surface area contributed by atoms with Crippen LogP contribution >= 0.6 is 0 Å². The molecule has 0 radical (unpaired) electrons. The van der Waals surface area contributed by atoms with Crippen LogP contribution < -0.4 is 5.32 Å². The third-order valence-corrected chi connectivity index (χ3v) is 3.13. The summed E-state index contributed by atoms with van der Waals surface area (Å²) in [6.45, 7) is 7.81. The summed E-state index contributed by atoms with van der Waals surface area (Å²) < 4.78 is 11.2. The number of hydrogen-bond acceptors (Lipinski definition) is 3. The van der Waals surface area contributed by atoms with Gasteiger partial charge in [-0.1, -0.05) is 6.92 Å². The van der Waals surface area contributed by atoms with Gasteiger partial charge in [-0.25, -0.2) is 0 Å². The molecule has 3 heteroatoms. The third kappa shape index (κ3) is 5.83. The number of ether oxygens (including phenoxy) is 2. The van der Waals surface area contributed by atoms with E-state index in [1.54, 1.807) is 0 Å². The summed E-state index contributed by atoms with van der Waals surface area (Å²) in [4.78, 5) is 0. The van der Waals surface area contributed by atoms with Crippen molar-refractivity contribution in [3.05, 3.63) is 0 Å². The Bertz CT molecular complexity index is 158. The summed E-state index contributed by atoms with van der Waals surface area (Å²) in [5.74, 6) is 0. The average Bonchev–Trinajstić information content (AvgIpc) is 2.34. The molecule has 1 N–H and O–H groups in total. The van der Waals surface area contributed by atoms with Gasteiger partial charge in [0.05, 0.1) is 12.7 Å². The smallest absolute Gasteiger partial charge is 0.0619 e. The van der Waals surface area contributed by atoms with Crippen molar-refractivity contribution in [1.82, 2.24) is 5.32 Å². The van der Waals surface area contributed by atoms with Crippen molar-refractivity contribution >= 4 is 0 Å². The van der Waals surface area contributed by atoms with Crippen LogP contribution in [0.2, 0.25) is 0 Å². The highest BCUT2D eigenvalue weighted by atomic mass is 16.5. The number of likely N-dealkylation sites (N-methyl/N-ethyl adjacent to an activating group) is 1. The molecular formula is C13H27NO2. The van der Waals surface area contributed by atoms with Crippen LogP contribution in [0.3, 0.4) is 0 Å². The second-order valence-electron chi connectivity index (χ2n) is 4.48. The third-order valence-electron chi connectivity index (χ3n) is 3.13. The highest BCUT2D eigenvalue weighted by Gasteiger charge is 2.16. The Morgan fingerprint density at radius 1 is 1.38 bits per heavy atom. The molecule has 0 aromatic carbocycles. The van der Waals surface area contributed by atoms with E-state index in [2.05, 4.69) is 12.2 Å². The molecule has 0 amide bonds. The maximum absolute atomic E-state index is 5.74. The first kappa shape index (κ1) is 13.9. The van der Waals surface area contributed by atoms with Crippen LogP contribution in [0.1, 0.15) is 46.0 Å². The van der Waals surface area contributed by atoms with Gasteiger partial charge in [0, 0.05) is 19.3 Å². The van der Waals surface area contributed by atoms with Crippen LogP contribution in [0.4, 0.5) is 0 Å². The van der Waals surface area contributed by atoms with E-state index in [1.807, 2.05) is 6.92 Å². The van der Waals surface area contributed by atoms with E-state index in [-0.39, 0.29) is 0 Å². The van der Waals surface area contributed by atoms with E-state index in [0.717, 1.165) is 26.4 Å². The highest BCUT2D eigenvalue weighted by Crippen LogP contribution is 2.17. The molecule has 0 spiro atoms. The molecule has 0 aromatic heterocycles. The van der Waals surface area contributed by atoms with Crippen LogP contribution in [-0.2, 0) is 9.47 Å². The van der Waals surface area contributed by atoms with Crippen molar-refractivity contribution in [3.63, 3.8) is 0 Å². The fourth-order valence-electron chi connectivity index (χ4n) is 2.22. The first-order chi connectivity index (χ1) is 7.86. The molecule has 1 fully saturated rings. The Morgan fingerprint density at radius 3 is 2.88 bits per heavy atom. The van der Waals surface area contributed by atoms with Gasteiger partial charge in [0.1, 0.15) is 0 Å². The highest BCUT2D eigenvalue weighted by molar-refractivity contribution is 4.70. The molecule has 16 heavy (non-hydrogen) atoms. The van der Waals surface area contributed by atoms with E-state index < -0.39 is 0 Å². The molecule has 0 aromatic rings. The predicted octanol–water partition coefficient (Wildman–Crippen LogP) is 2.35. The molecular weight excluding hydrogens is 202 g/mol. The van der Waals surface area contributed by atoms with Gasteiger partial charge < -0.3 is 14.8 Å². The molecule has 1 rings (SSSR count). The van der Waals surface area contributed by atoms with Crippen molar-refractivity contribution in [2.75, 3.05) is 26.4 Å². The minimum atomic E-state index is 0.496. The van der Waals surface area contributed by atoms with Gasteiger partial charge in [0.25, 0.3) is 0 Å². The van der Waals surface area contributed by atoms with Gasteiger partial charge in [-0.05, 0) is 45.6 Å². The minimum absolute atomic E-state index is 0.496. The molecule has 1 saturated heterocycles. The molecule has 1 aliphatic heterocycles. The van der Waals surface area contributed by atoms with Gasteiger partial charge in [-0.15, -0.1) is 0 Å². The monoisotopic (exact) mass is 229 g/mol. The first-order valence-corrected chi connectivity index (χ1v) is 6.79. The number of nitrogens with one attached hydrogen (secondary N) is 1. The number of rotatable bonds is 8. The molecule has 3 nitrogen and oxygen atoms in total. The zero-order valence-corrected chi connectivity index (χ0v) is 10.8. The van der Waals surface area contributed by atoms with E-state index in [4.69, 9.17) is 9.47 Å². The Labute approximate surface area is 99.9 Å². The lowest BCUT2D eigenvalue weighted by Crippen LogP contribution is -2.34. The SMILES string of the molecule is CCNC(CCC1CCCCO1)COCC. The molecule has 2 atom stereocenters. The van der Waals surface area contributed by atoms with E-state index in [1.165, 1.54) is 32.1 Å². The van der Waals surface area contributed by atoms with Crippen LogP contribution in [0, 0.1) is 0 Å². The van der Waals surface area contributed by atoms with Gasteiger partial charge in [-0.3, -0.25) is 0 Å². The summed E-state index contributed by atoms with van der Waals surface area (Å²) in [5.41, 5.74) is 0. The molecule has 1 heterocycles. The summed E-state index contributed by atoms with van der Waals surface area (Å²) in [7, 11) is 0. The normalized spacial score (nSPS) is 23.2. The molecule has 0 saturated carbocycles. The van der Waals surface area contributed by atoms with E-state index in [0.29, 0.717) is 12.1 Å². The van der Waals surface area contributed by atoms with Crippen molar-refractivity contribution in [1.29, 1.82) is 0 Å². The van der Waals surface area contributed by atoms with Gasteiger partial charge in [0.15, 0.2) is 0 Å². The topological polar surface area (TPSA) is 30.5 Å². The summed E-state index contributed by atoms with van der Waals surface area (Å²) >= 11 is 0. The van der Waals surface area contributed by atoms with Gasteiger partial charge >= 0.3 is 0 Å². The summed E-state index contributed by atoms with van der Waals surface area (Å²) in [5, 5.41) is 3.48. The molecule has 0 bridgehead atoms. The second-order valence-corrected chi connectivity index (χ2v) is 4.48. The quantitative estimate of drug-likeness (QED) is 0.693. The van der Waals surface area contributed by atoms with Crippen molar-refractivity contribution < 1.29 is 9.47 Å². The Balaban J connectivity index is 2.14. The lowest BCUT2D eigenvalue weighted by atomic mass is 10.0. The van der Waals surface area contributed by atoms with E-state index in [9.17, 15) is 0 Å². The Hall–Kier alpha value is -0.120. The standard InChI is InChI=1S/C13H27NO2/c1-3-14-12(11-15-4-2)8-9-13-7-5-6-10-16-13/h12-14H,3-11H2,1-2H3. The fourth-order valence-corrected chi connectivity index (χ4v) is 2.22. The molecule has 0 aliphatic carbocycles. The largest absolute Gasteiger partial charge is 0.380 e.